The Labute approximate surface area is 130 Å². The zero-order valence-corrected chi connectivity index (χ0v) is 12.8. The number of nitrogens with zero attached hydrogens (tertiary/aromatic N) is 2. The number of rotatable bonds is 3. The number of fused-ring (bicyclic) bond motifs is 2. The van der Waals surface area contributed by atoms with Crippen LogP contribution < -0.4 is 0 Å². The molecular formula is C17H12N2S2. The van der Waals surface area contributed by atoms with Crippen LogP contribution in [0.4, 0.5) is 0 Å². The Morgan fingerprint density at radius 3 is 2.62 bits per heavy atom. The highest BCUT2D eigenvalue weighted by Crippen LogP contribution is 2.31. The molecule has 4 aromatic rings. The van der Waals surface area contributed by atoms with Gasteiger partial charge in [-0.15, -0.1) is 23.1 Å². The number of benzene rings is 2. The van der Waals surface area contributed by atoms with E-state index >= 15 is 0 Å². The topological polar surface area (TPSA) is 25.8 Å². The van der Waals surface area contributed by atoms with E-state index in [0.29, 0.717) is 0 Å². The lowest BCUT2D eigenvalue weighted by molar-refractivity contribution is 1.30. The molecule has 0 unspecified atom stereocenters. The van der Waals surface area contributed by atoms with Crippen LogP contribution in [0.1, 0.15) is 5.01 Å². The Kier molecular flexibility index (Phi) is 3.33. The number of aromatic nitrogens is 2. The van der Waals surface area contributed by atoms with Crippen LogP contribution in [0.25, 0.3) is 21.1 Å². The molecule has 0 fully saturated rings. The SMILES string of the molecule is c1ccc2sc(CSc3ccnc4ccccc34)nc2c1. The summed E-state index contributed by atoms with van der Waals surface area (Å²) in [5.41, 5.74) is 2.14. The molecule has 0 aliphatic carbocycles. The lowest BCUT2D eigenvalue weighted by Gasteiger charge is -2.03. The molecule has 2 heterocycles. The van der Waals surface area contributed by atoms with Gasteiger partial charge >= 0.3 is 0 Å². The first kappa shape index (κ1) is 12.8. The molecule has 2 aromatic carbocycles. The van der Waals surface area contributed by atoms with Crippen molar-refractivity contribution in [1.29, 1.82) is 0 Å². The van der Waals surface area contributed by atoms with Crippen LogP contribution in [0.5, 0.6) is 0 Å². The van der Waals surface area contributed by atoms with E-state index in [1.54, 1.807) is 11.3 Å². The zero-order valence-electron chi connectivity index (χ0n) is 11.2. The first-order chi connectivity index (χ1) is 10.4. The summed E-state index contributed by atoms with van der Waals surface area (Å²) in [5, 5.41) is 2.38. The summed E-state index contributed by atoms with van der Waals surface area (Å²) in [7, 11) is 0. The Morgan fingerprint density at radius 1 is 0.905 bits per heavy atom. The molecule has 0 radical (unpaired) electrons. The van der Waals surface area contributed by atoms with Crippen molar-refractivity contribution >= 4 is 44.2 Å². The van der Waals surface area contributed by atoms with Crippen LogP contribution in [-0.2, 0) is 5.75 Å². The molecule has 2 nitrogen and oxygen atoms in total. The highest BCUT2D eigenvalue weighted by atomic mass is 32.2. The minimum Gasteiger partial charge on any atom is -0.256 e. The molecule has 4 heteroatoms. The van der Waals surface area contributed by atoms with E-state index in [4.69, 9.17) is 0 Å². The lowest BCUT2D eigenvalue weighted by atomic mass is 10.2. The summed E-state index contributed by atoms with van der Waals surface area (Å²) in [6.45, 7) is 0. The van der Waals surface area contributed by atoms with Crippen LogP contribution in [0.15, 0.2) is 65.7 Å². The van der Waals surface area contributed by atoms with Crippen molar-refractivity contribution in [3.63, 3.8) is 0 Å². The largest absolute Gasteiger partial charge is 0.256 e. The van der Waals surface area contributed by atoms with Gasteiger partial charge in [-0.05, 0) is 24.3 Å². The molecule has 2 aromatic heterocycles. The lowest BCUT2D eigenvalue weighted by Crippen LogP contribution is -1.83. The summed E-state index contributed by atoms with van der Waals surface area (Å²) >= 11 is 3.60. The molecule has 0 bridgehead atoms. The van der Waals surface area contributed by atoms with Gasteiger partial charge in [0, 0.05) is 16.5 Å². The van der Waals surface area contributed by atoms with Crippen molar-refractivity contribution in [2.75, 3.05) is 0 Å². The Bertz CT molecular complexity index is 876. The molecule has 102 valence electrons. The van der Waals surface area contributed by atoms with E-state index in [1.165, 1.54) is 20.0 Å². The van der Waals surface area contributed by atoms with Gasteiger partial charge in [0.25, 0.3) is 0 Å². The van der Waals surface area contributed by atoms with Gasteiger partial charge in [0.05, 0.1) is 21.5 Å². The maximum absolute atomic E-state index is 4.69. The maximum Gasteiger partial charge on any atom is 0.104 e. The predicted molar refractivity (Wildman–Crippen MR) is 90.9 cm³/mol. The fourth-order valence-corrected chi connectivity index (χ4v) is 4.32. The monoisotopic (exact) mass is 308 g/mol. The third-order valence-corrected chi connectivity index (χ3v) is 5.60. The Hall–Kier alpha value is -1.91. The van der Waals surface area contributed by atoms with Crippen LogP contribution in [0, 0.1) is 0 Å². The highest BCUT2D eigenvalue weighted by molar-refractivity contribution is 7.98. The van der Waals surface area contributed by atoms with Crippen molar-refractivity contribution < 1.29 is 0 Å². The van der Waals surface area contributed by atoms with E-state index in [2.05, 4.69) is 52.4 Å². The Morgan fingerprint density at radius 2 is 1.71 bits per heavy atom. The number of pyridine rings is 1. The van der Waals surface area contributed by atoms with Crippen LogP contribution in [0.3, 0.4) is 0 Å². The van der Waals surface area contributed by atoms with Gasteiger partial charge in [0.2, 0.25) is 0 Å². The minimum atomic E-state index is 0.896. The van der Waals surface area contributed by atoms with Crippen LogP contribution >= 0.6 is 23.1 Å². The minimum absolute atomic E-state index is 0.896. The molecule has 21 heavy (non-hydrogen) atoms. The highest BCUT2D eigenvalue weighted by Gasteiger charge is 2.06. The predicted octanol–water partition coefficient (Wildman–Crippen LogP) is 5.14. The molecule has 0 atom stereocenters. The molecule has 0 aliphatic rings. The number of thioether (sulfide) groups is 1. The number of thiazole rings is 1. The number of hydrogen-bond acceptors (Lipinski definition) is 4. The first-order valence-electron chi connectivity index (χ1n) is 6.71. The standard InChI is InChI=1S/C17H12N2S2/c1-2-6-13-12(5-1)15(9-10-18-13)20-11-17-19-14-7-3-4-8-16(14)21-17/h1-10H,11H2. The molecule has 0 spiro atoms. The van der Waals surface area contributed by atoms with Gasteiger partial charge in [-0.2, -0.15) is 0 Å². The van der Waals surface area contributed by atoms with Crippen molar-refractivity contribution in [3.05, 3.63) is 65.8 Å². The maximum atomic E-state index is 4.69. The quantitative estimate of drug-likeness (QED) is 0.490. The van der Waals surface area contributed by atoms with E-state index in [-0.39, 0.29) is 0 Å². The average molecular weight is 308 g/mol. The smallest absolute Gasteiger partial charge is 0.104 e. The molecule has 0 amide bonds. The number of para-hydroxylation sites is 2. The number of hydrogen-bond donors (Lipinski definition) is 0. The van der Waals surface area contributed by atoms with Gasteiger partial charge in [0.1, 0.15) is 5.01 Å². The molecular weight excluding hydrogens is 296 g/mol. The van der Waals surface area contributed by atoms with Gasteiger partial charge in [-0.1, -0.05) is 30.3 Å². The molecule has 4 rings (SSSR count). The fraction of sp³-hybridized carbons (Fsp3) is 0.0588. The van der Waals surface area contributed by atoms with Crippen molar-refractivity contribution in [3.8, 4) is 0 Å². The van der Waals surface area contributed by atoms with Crippen molar-refractivity contribution in [2.45, 2.75) is 10.6 Å². The summed E-state index contributed by atoms with van der Waals surface area (Å²) in [6, 6.07) is 18.7. The average Bonchev–Trinajstić information content (AvgIpc) is 2.96. The van der Waals surface area contributed by atoms with E-state index in [9.17, 15) is 0 Å². The second kappa shape index (κ2) is 5.47. The summed E-state index contributed by atoms with van der Waals surface area (Å²) in [6.07, 6.45) is 1.88. The summed E-state index contributed by atoms with van der Waals surface area (Å²) < 4.78 is 1.26. The molecule has 0 saturated heterocycles. The van der Waals surface area contributed by atoms with Gasteiger partial charge in [-0.25, -0.2) is 4.98 Å². The van der Waals surface area contributed by atoms with E-state index in [0.717, 1.165) is 16.8 Å². The van der Waals surface area contributed by atoms with Crippen molar-refractivity contribution in [2.24, 2.45) is 0 Å². The summed E-state index contributed by atoms with van der Waals surface area (Å²) in [5.74, 6) is 0.896. The van der Waals surface area contributed by atoms with Gasteiger partial charge in [0.15, 0.2) is 0 Å². The van der Waals surface area contributed by atoms with Crippen LogP contribution in [0.2, 0.25) is 0 Å². The Balaban J connectivity index is 1.63. The van der Waals surface area contributed by atoms with Crippen LogP contribution in [-0.4, -0.2) is 9.97 Å². The molecule has 0 N–H and O–H groups in total. The third-order valence-electron chi connectivity index (χ3n) is 3.30. The van der Waals surface area contributed by atoms with Gasteiger partial charge < -0.3 is 0 Å². The normalized spacial score (nSPS) is 11.2. The second-order valence-electron chi connectivity index (χ2n) is 4.69. The van der Waals surface area contributed by atoms with E-state index in [1.807, 2.05) is 30.1 Å². The molecule has 0 aliphatic heterocycles. The van der Waals surface area contributed by atoms with E-state index < -0.39 is 0 Å². The fourth-order valence-electron chi connectivity index (χ4n) is 2.32. The van der Waals surface area contributed by atoms with Crippen molar-refractivity contribution in [1.82, 2.24) is 9.97 Å². The second-order valence-corrected chi connectivity index (χ2v) is 6.82. The first-order valence-corrected chi connectivity index (χ1v) is 8.51. The van der Waals surface area contributed by atoms with Gasteiger partial charge in [-0.3, -0.25) is 4.98 Å². The molecule has 0 saturated carbocycles. The zero-order chi connectivity index (χ0) is 14.1. The third kappa shape index (κ3) is 2.52. The summed E-state index contributed by atoms with van der Waals surface area (Å²) in [4.78, 5) is 10.4.